The van der Waals surface area contributed by atoms with Crippen molar-refractivity contribution in [3.8, 4) is 5.92 Å². The molecule has 0 aliphatic carbocycles. The van der Waals surface area contributed by atoms with Gasteiger partial charge >= 0.3 is 0 Å². The Hall–Kier alpha value is -1.22. The molecule has 0 aliphatic rings. The van der Waals surface area contributed by atoms with Crippen LogP contribution in [0.4, 0.5) is 0 Å². The quantitative estimate of drug-likeness (QED) is 0.512. The Morgan fingerprint density at radius 1 is 1.07 bits per heavy atom. The molecule has 15 heavy (non-hydrogen) atoms. The standard InChI is InChI=1S/C15H19/c1-6-7-8-9-15-10-11(2)12(3)13(4)14(15)5/h10H,7-9H2,2-5H3. The molecule has 0 N–H and O–H groups in total. The summed E-state index contributed by atoms with van der Waals surface area (Å²) in [5.74, 6) is 2.45. The first-order valence-corrected chi connectivity index (χ1v) is 5.53. The highest BCUT2D eigenvalue weighted by molar-refractivity contribution is 5.43. The fraction of sp³-hybridized carbons (Fsp3) is 0.467. The Kier molecular flexibility index (Phi) is 3.97. The van der Waals surface area contributed by atoms with E-state index in [1.807, 2.05) is 0 Å². The van der Waals surface area contributed by atoms with E-state index in [-0.39, 0.29) is 0 Å². The van der Waals surface area contributed by atoms with Crippen molar-refractivity contribution < 1.29 is 0 Å². The van der Waals surface area contributed by atoms with Crippen LogP contribution in [0, 0.1) is 40.0 Å². The van der Waals surface area contributed by atoms with Crippen LogP contribution in [0.3, 0.4) is 0 Å². The van der Waals surface area contributed by atoms with Crippen molar-refractivity contribution in [2.24, 2.45) is 0 Å². The van der Waals surface area contributed by atoms with E-state index in [2.05, 4.69) is 39.7 Å². The van der Waals surface area contributed by atoms with Crippen LogP contribution in [0.25, 0.3) is 0 Å². The Balaban J connectivity index is 2.95. The molecule has 1 aromatic rings. The number of hydrogen-bond acceptors (Lipinski definition) is 0. The van der Waals surface area contributed by atoms with E-state index in [0.29, 0.717) is 0 Å². The van der Waals surface area contributed by atoms with Crippen LogP contribution in [0.2, 0.25) is 0 Å². The summed E-state index contributed by atoms with van der Waals surface area (Å²) in [6.45, 7) is 8.76. The van der Waals surface area contributed by atoms with Gasteiger partial charge in [0.05, 0.1) is 0 Å². The molecule has 0 aliphatic heterocycles. The molecule has 0 atom stereocenters. The third-order valence-corrected chi connectivity index (χ3v) is 3.34. The molecule has 1 rings (SSSR count). The van der Waals surface area contributed by atoms with Gasteiger partial charge in [-0.15, -0.1) is 0 Å². The lowest BCUT2D eigenvalue weighted by atomic mass is 9.92. The highest BCUT2D eigenvalue weighted by Gasteiger charge is 2.06. The van der Waals surface area contributed by atoms with Crippen LogP contribution in [0.5, 0.6) is 0 Å². The predicted octanol–water partition coefficient (Wildman–Crippen LogP) is 3.83. The van der Waals surface area contributed by atoms with E-state index in [4.69, 9.17) is 6.42 Å². The number of unbranched alkanes of at least 4 members (excludes halogenated alkanes) is 1. The number of hydrogen-bond donors (Lipinski definition) is 0. The van der Waals surface area contributed by atoms with Crippen LogP contribution >= 0.6 is 0 Å². The smallest absolute Gasteiger partial charge is 0.0102 e. The zero-order valence-electron chi connectivity index (χ0n) is 10.2. The molecule has 0 saturated carbocycles. The minimum absolute atomic E-state index is 0.769. The van der Waals surface area contributed by atoms with E-state index in [0.717, 1.165) is 19.3 Å². The summed E-state index contributed by atoms with van der Waals surface area (Å²) < 4.78 is 0. The van der Waals surface area contributed by atoms with Crippen LogP contribution < -0.4 is 0 Å². The van der Waals surface area contributed by atoms with Crippen LogP contribution in [-0.2, 0) is 6.42 Å². The van der Waals surface area contributed by atoms with E-state index < -0.39 is 0 Å². The summed E-state index contributed by atoms with van der Waals surface area (Å²) in [7, 11) is 0. The van der Waals surface area contributed by atoms with Crippen molar-refractivity contribution in [3.63, 3.8) is 0 Å². The Morgan fingerprint density at radius 3 is 2.33 bits per heavy atom. The van der Waals surface area contributed by atoms with E-state index in [9.17, 15) is 0 Å². The highest BCUT2D eigenvalue weighted by Crippen LogP contribution is 2.22. The lowest BCUT2D eigenvalue weighted by molar-refractivity contribution is 0.847. The van der Waals surface area contributed by atoms with Crippen molar-refractivity contribution in [1.82, 2.24) is 0 Å². The van der Waals surface area contributed by atoms with Crippen molar-refractivity contribution in [2.75, 3.05) is 0 Å². The normalized spacial score (nSPS) is 10.1. The van der Waals surface area contributed by atoms with Gasteiger partial charge in [-0.3, -0.25) is 0 Å². The van der Waals surface area contributed by atoms with Crippen molar-refractivity contribution in [1.29, 1.82) is 0 Å². The SMILES string of the molecule is [C]#CCCCc1cc(C)c(C)c(C)c1C. The predicted molar refractivity (Wildman–Crippen MR) is 65.5 cm³/mol. The molecule has 0 nitrogen and oxygen atoms in total. The van der Waals surface area contributed by atoms with Crippen LogP contribution in [-0.4, -0.2) is 0 Å². The molecule has 1 aromatic carbocycles. The molecule has 0 spiro atoms. The average Bonchev–Trinajstić information content (AvgIpc) is 2.23. The number of benzene rings is 1. The monoisotopic (exact) mass is 199 g/mol. The van der Waals surface area contributed by atoms with Gasteiger partial charge in [-0.05, 0) is 74.8 Å². The van der Waals surface area contributed by atoms with E-state index >= 15 is 0 Å². The van der Waals surface area contributed by atoms with E-state index in [1.165, 1.54) is 27.8 Å². The Morgan fingerprint density at radius 2 is 1.73 bits per heavy atom. The van der Waals surface area contributed by atoms with Crippen molar-refractivity contribution in [2.45, 2.75) is 47.0 Å². The second kappa shape index (κ2) is 5.03. The maximum Gasteiger partial charge on any atom is 0.0102 e. The lowest BCUT2D eigenvalue weighted by Gasteiger charge is -2.13. The van der Waals surface area contributed by atoms with Gasteiger partial charge in [-0.1, -0.05) is 12.0 Å². The third-order valence-electron chi connectivity index (χ3n) is 3.34. The highest BCUT2D eigenvalue weighted by atomic mass is 14.1. The molecule has 1 radical (unpaired) electrons. The van der Waals surface area contributed by atoms with Gasteiger partial charge in [0, 0.05) is 6.42 Å². The molecule has 0 amide bonds. The molecule has 0 aromatic heterocycles. The van der Waals surface area contributed by atoms with Crippen LogP contribution in [0.1, 0.15) is 40.7 Å². The summed E-state index contributed by atoms with van der Waals surface area (Å²) in [5, 5.41) is 0. The summed E-state index contributed by atoms with van der Waals surface area (Å²) in [5.41, 5.74) is 7.07. The zero-order chi connectivity index (χ0) is 11.4. The van der Waals surface area contributed by atoms with Gasteiger partial charge in [-0.25, -0.2) is 0 Å². The molecule has 0 heteroatoms. The molecular formula is C15H19. The van der Waals surface area contributed by atoms with Gasteiger partial charge in [0.15, 0.2) is 0 Å². The fourth-order valence-corrected chi connectivity index (χ4v) is 1.92. The maximum absolute atomic E-state index is 6.89. The van der Waals surface area contributed by atoms with Gasteiger partial charge in [0.25, 0.3) is 0 Å². The van der Waals surface area contributed by atoms with Crippen molar-refractivity contribution in [3.05, 3.63) is 40.3 Å². The molecule has 0 heterocycles. The second-order valence-corrected chi connectivity index (χ2v) is 4.26. The molecule has 79 valence electrons. The maximum atomic E-state index is 6.89. The fourth-order valence-electron chi connectivity index (χ4n) is 1.92. The Labute approximate surface area is 93.7 Å². The lowest BCUT2D eigenvalue weighted by Crippen LogP contribution is -1.98. The van der Waals surface area contributed by atoms with Gasteiger partial charge in [-0.2, -0.15) is 0 Å². The third kappa shape index (κ3) is 2.63. The zero-order valence-corrected chi connectivity index (χ0v) is 10.2. The average molecular weight is 199 g/mol. The molecule has 0 saturated heterocycles. The molecule has 0 fully saturated rings. The summed E-state index contributed by atoms with van der Waals surface area (Å²) in [4.78, 5) is 0. The van der Waals surface area contributed by atoms with Gasteiger partial charge in [0.2, 0.25) is 0 Å². The number of aryl methyl sites for hydroxylation is 2. The minimum Gasteiger partial charge on any atom is -0.0891 e. The summed E-state index contributed by atoms with van der Waals surface area (Å²) in [6.07, 6.45) is 9.76. The molecule has 0 unspecified atom stereocenters. The first kappa shape index (κ1) is 11.9. The first-order chi connectivity index (χ1) is 7.07. The number of rotatable bonds is 3. The summed E-state index contributed by atoms with van der Waals surface area (Å²) >= 11 is 0. The topological polar surface area (TPSA) is 0 Å². The first-order valence-electron chi connectivity index (χ1n) is 5.53. The molecule has 0 bridgehead atoms. The Bertz CT molecular complexity index is 391. The van der Waals surface area contributed by atoms with Crippen LogP contribution in [0.15, 0.2) is 6.07 Å². The second-order valence-electron chi connectivity index (χ2n) is 4.26. The van der Waals surface area contributed by atoms with Gasteiger partial charge in [0.1, 0.15) is 0 Å². The summed E-state index contributed by atoms with van der Waals surface area (Å²) in [6, 6.07) is 2.29. The van der Waals surface area contributed by atoms with E-state index in [1.54, 1.807) is 0 Å². The van der Waals surface area contributed by atoms with Crippen molar-refractivity contribution >= 4 is 0 Å². The minimum atomic E-state index is 0.769. The van der Waals surface area contributed by atoms with Gasteiger partial charge < -0.3 is 0 Å². The molecular weight excluding hydrogens is 180 g/mol. The largest absolute Gasteiger partial charge is 0.0891 e.